The monoisotopic (exact) mass is 347 g/mol. The SMILES string of the molecule is CS(=O)(=O)c1cccc(S(=O)(=O)N2CCCCC2C(=O)O)c1. The topological polar surface area (TPSA) is 109 Å². The fourth-order valence-corrected chi connectivity index (χ4v) is 4.88. The number of sulfone groups is 1. The van der Waals surface area contributed by atoms with E-state index >= 15 is 0 Å². The summed E-state index contributed by atoms with van der Waals surface area (Å²) < 4.78 is 49.4. The molecular formula is C13H17NO6S2. The van der Waals surface area contributed by atoms with Crippen molar-refractivity contribution < 1.29 is 26.7 Å². The average Bonchev–Trinajstić information content (AvgIpc) is 2.46. The second-order valence-electron chi connectivity index (χ2n) is 5.21. The predicted molar refractivity (Wildman–Crippen MR) is 78.7 cm³/mol. The fraction of sp³-hybridized carbons (Fsp3) is 0.462. The van der Waals surface area contributed by atoms with Crippen LogP contribution in [0.5, 0.6) is 0 Å². The maximum Gasteiger partial charge on any atom is 0.322 e. The number of carbonyl (C=O) groups is 1. The number of piperidine rings is 1. The number of rotatable bonds is 4. The minimum absolute atomic E-state index is 0.113. The predicted octanol–water partition coefficient (Wildman–Crippen LogP) is 0.718. The van der Waals surface area contributed by atoms with Crippen LogP contribution in [-0.4, -0.2) is 51.1 Å². The summed E-state index contributed by atoms with van der Waals surface area (Å²) in [5.41, 5.74) is 0. The first kappa shape index (κ1) is 16.9. The van der Waals surface area contributed by atoms with Crippen LogP contribution < -0.4 is 0 Å². The highest BCUT2D eigenvalue weighted by Gasteiger charge is 2.37. The second-order valence-corrected chi connectivity index (χ2v) is 9.12. The van der Waals surface area contributed by atoms with E-state index in [2.05, 4.69) is 0 Å². The second kappa shape index (κ2) is 5.98. The van der Waals surface area contributed by atoms with Gasteiger partial charge in [-0.05, 0) is 37.5 Å². The zero-order valence-corrected chi connectivity index (χ0v) is 13.6. The van der Waals surface area contributed by atoms with Crippen molar-refractivity contribution in [2.45, 2.75) is 35.1 Å². The van der Waals surface area contributed by atoms with Gasteiger partial charge in [-0.25, -0.2) is 16.8 Å². The van der Waals surface area contributed by atoms with Crippen LogP contribution in [0.4, 0.5) is 0 Å². The lowest BCUT2D eigenvalue weighted by Gasteiger charge is -2.31. The molecule has 1 aromatic carbocycles. The summed E-state index contributed by atoms with van der Waals surface area (Å²) in [6.45, 7) is 0.113. The van der Waals surface area contributed by atoms with Gasteiger partial charge in [0.1, 0.15) is 6.04 Å². The normalized spacial score (nSPS) is 20.7. The van der Waals surface area contributed by atoms with Gasteiger partial charge in [0.15, 0.2) is 9.84 Å². The van der Waals surface area contributed by atoms with E-state index in [1.165, 1.54) is 18.2 Å². The molecule has 0 aromatic heterocycles. The van der Waals surface area contributed by atoms with Crippen LogP contribution in [0.3, 0.4) is 0 Å². The highest BCUT2D eigenvalue weighted by molar-refractivity contribution is 7.91. The van der Waals surface area contributed by atoms with Crippen molar-refractivity contribution in [3.63, 3.8) is 0 Å². The first-order valence-electron chi connectivity index (χ1n) is 6.69. The van der Waals surface area contributed by atoms with E-state index in [0.29, 0.717) is 12.8 Å². The molecule has 0 radical (unpaired) electrons. The van der Waals surface area contributed by atoms with E-state index in [1.807, 2.05) is 0 Å². The van der Waals surface area contributed by atoms with Crippen LogP contribution in [0, 0.1) is 0 Å². The van der Waals surface area contributed by atoms with E-state index in [4.69, 9.17) is 0 Å². The summed E-state index contributed by atoms with van der Waals surface area (Å²) in [7, 11) is -7.60. The Morgan fingerprint density at radius 1 is 1.18 bits per heavy atom. The molecule has 1 unspecified atom stereocenters. The third kappa shape index (κ3) is 3.31. The third-order valence-electron chi connectivity index (χ3n) is 3.58. The summed E-state index contributed by atoms with van der Waals surface area (Å²) in [6.07, 6.45) is 2.46. The Morgan fingerprint density at radius 3 is 2.41 bits per heavy atom. The average molecular weight is 347 g/mol. The summed E-state index contributed by atoms with van der Waals surface area (Å²) in [6, 6.07) is 3.87. The molecule has 22 heavy (non-hydrogen) atoms. The standard InChI is InChI=1S/C13H17NO6S2/c1-21(17,18)10-5-4-6-11(9-10)22(19,20)14-8-3-2-7-12(14)13(15)16/h4-6,9,12H,2-3,7-8H2,1H3,(H,15,16). The lowest BCUT2D eigenvalue weighted by molar-refractivity contribution is -0.142. The minimum atomic E-state index is -4.05. The molecular weight excluding hydrogens is 330 g/mol. The molecule has 9 heteroatoms. The van der Waals surface area contributed by atoms with Crippen molar-refractivity contribution in [3.8, 4) is 0 Å². The van der Waals surface area contributed by atoms with Gasteiger partial charge >= 0.3 is 5.97 Å². The van der Waals surface area contributed by atoms with Gasteiger partial charge in [0.25, 0.3) is 0 Å². The lowest BCUT2D eigenvalue weighted by atomic mass is 10.1. The maximum absolute atomic E-state index is 12.6. The van der Waals surface area contributed by atoms with Crippen molar-refractivity contribution in [3.05, 3.63) is 24.3 Å². The number of nitrogens with zero attached hydrogens (tertiary/aromatic N) is 1. The zero-order valence-electron chi connectivity index (χ0n) is 12.0. The first-order valence-corrected chi connectivity index (χ1v) is 10.0. The molecule has 1 aliphatic heterocycles. The Kier molecular flexibility index (Phi) is 4.59. The van der Waals surface area contributed by atoms with Crippen LogP contribution in [0.2, 0.25) is 0 Å². The molecule has 0 aliphatic carbocycles. The molecule has 1 aromatic rings. The van der Waals surface area contributed by atoms with E-state index in [0.717, 1.165) is 16.6 Å². The van der Waals surface area contributed by atoms with Gasteiger partial charge in [-0.1, -0.05) is 6.07 Å². The van der Waals surface area contributed by atoms with Crippen molar-refractivity contribution >= 4 is 25.8 Å². The Morgan fingerprint density at radius 2 is 1.82 bits per heavy atom. The smallest absolute Gasteiger partial charge is 0.322 e. The molecule has 2 rings (SSSR count). The third-order valence-corrected chi connectivity index (χ3v) is 6.59. The van der Waals surface area contributed by atoms with Crippen molar-refractivity contribution in [2.24, 2.45) is 0 Å². The minimum Gasteiger partial charge on any atom is -0.480 e. The molecule has 0 amide bonds. The number of benzene rings is 1. The van der Waals surface area contributed by atoms with Crippen LogP contribution in [0.25, 0.3) is 0 Å². The molecule has 1 N–H and O–H groups in total. The summed E-state index contributed by atoms with van der Waals surface area (Å²) >= 11 is 0. The van der Waals surface area contributed by atoms with Gasteiger partial charge in [-0.15, -0.1) is 0 Å². The Bertz CT molecular complexity index is 785. The van der Waals surface area contributed by atoms with E-state index in [-0.39, 0.29) is 22.8 Å². The van der Waals surface area contributed by atoms with E-state index in [9.17, 15) is 26.7 Å². The number of hydrogen-bond donors (Lipinski definition) is 1. The number of carboxylic acids is 1. The van der Waals surface area contributed by atoms with Gasteiger partial charge < -0.3 is 5.11 Å². The number of hydrogen-bond acceptors (Lipinski definition) is 5. The quantitative estimate of drug-likeness (QED) is 0.859. The molecule has 1 saturated heterocycles. The molecule has 7 nitrogen and oxygen atoms in total. The number of aliphatic carboxylic acids is 1. The molecule has 1 aliphatic rings. The first-order chi connectivity index (χ1) is 10.1. The molecule has 0 spiro atoms. The van der Waals surface area contributed by atoms with Crippen molar-refractivity contribution in [1.29, 1.82) is 0 Å². The molecule has 0 saturated carbocycles. The molecule has 1 heterocycles. The summed E-state index contributed by atoms with van der Waals surface area (Å²) in [5.74, 6) is -1.19. The van der Waals surface area contributed by atoms with Gasteiger partial charge in [0.2, 0.25) is 10.0 Å². The van der Waals surface area contributed by atoms with Gasteiger partial charge in [-0.2, -0.15) is 4.31 Å². The number of sulfonamides is 1. The van der Waals surface area contributed by atoms with Gasteiger partial charge in [0.05, 0.1) is 9.79 Å². The van der Waals surface area contributed by atoms with Crippen LogP contribution >= 0.6 is 0 Å². The van der Waals surface area contributed by atoms with E-state index < -0.39 is 31.9 Å². The Balaban J connectivity index is 2.48. The van der Waals surface area contributed by atoms with E-state index in [1.54, 1.807) is 0 Å². The largest absolute Gasteiger partial charge is 0.480 e. The maximum atomic E-state index is 12.6. The number of carboxylic acid groups (broad SMARTS) is 1. The highest BCUT2D eigenvalue weighted by atomic mass is 32.2. The van der Waals surface area contributed by atoms with Crippen molar-refractivity contribution in [1.82, 2.24) is 4.31 Å². The molecule has 1 atom stereocenters. The van der Waals surface area contributed by atoms with Gasteiger partial charge in [0, 0.05) is 12.8 Å². The van der Waals surface area contributed by atoms with Gasteiger partial charge in [-0.3, -0.25) is 4.79 Å². The molecule has 122 valence electrons. The highest BCUT2D eigenvalue weighted by Crippen LogP contribution is 2.26. The Hall–Kier alpha value is -1.45. The zero-order chi connectivity index (χ0) is 16.5. The molecule has 0 bridgehead atoms. The summed E-state index contributed by atoms with van der Waals surface area (Å²) in [4.78, 5) is 10.9. The van der Waals surface area contributed by atoms with Crippen LogP contribution in [0.15, 0.2) is 34.1 Å². The summed E-state index contributed by atoms with van der Waals surface area (Å²) in [5, 5.41) is 9.20. The molecule has 1 fully saturated rings. The van der Waals surface area contributed by atoms with Crippen LogP contribution in [0.1, 0.15) is 19.3 Å². The van der Waals surface area contributed by atoms with Crippen molar-refractivity contribution in [2.75, 3.05) is 12.8 Å². The van der Waals surface area contributed by atoms with Crippen LogP contribution in [-0.2, 0) is 24.7 Å². The Labute approximate surface area is 129 Å². The fourth-order valence-electron chi connectivity index (χ4n) is 2.44. The lowest BCUT2D eigenvalue weighted by Crippen LogP contribution is -2.47.